The van der Waals surface area contributed by atoms with Gasteiger partial charge in [0.25, 0.3) is 5.91 Å². The topological polar surface area (TPSA) is 103 Å². The molecule has 1 amide bonds. The van der Waals surface area contributed by atoms with Gasteiger partial charge in [0.15, 0.2) is 5.78 Å². The van der Waals surface area contributed by atoms with Crippen LogP contribution in [0.5, 0.6) is 0 Å². The van der Waals surface area contributed by atoms with Crippen molar-refractivity contribution in [1.82, 2.24) is 19.2 Å². The first-order chi connectivity index (χ1) is 13.9. The molecule has 1 fully saturated rings. The lowest BCUT2D eigenvalue weighted by atomic mass is 10.1. The molecular weight excluding hydrogens is 392 g/mol. The highest BCUT2D eigenvalue weighted by atomic mass is 32.2. The maximum Gasteiger partial charge on any atom is 0.254 e. The molecule has 1 aromatic heterocycles. The Morgan fingerprint density at radius 2 is 1.76 bits per heavy atom. The number of fused-ring (bicyclic) bond motifs is 1. The lowest BCUT2D eigenvalue weighted by molar-refractivity contribution is 0.0698. The lowest BCUT2D eigenvalue weighted by Gasteiger charge is -2.34. The predicted molar refractivity (Wildman–Crippen MR) is 107 cm³/mol. The van der Waals surface area contributed by atoms with Gasteiger partial charge in [-0.05, 0) is 37.3 Å². The van der Waals surface area contributed by atoms with Crippen LogP contribution in [0.1, 0.15) is 27.6 Å². The molecule has 9 heteroatoms. The maximum atomic E-state index is 12.9. The zero-order chi connectivity index (χ0) is 20.6. The summed E-state index contributed by atoms with van der Waals surface area (Å²) in [5.74, 6) is -0.330. The second kappa shape index (κ2) is 7.41. The minimum absolute atomic E-state index is 0.0923. The van der Waals surface area contributed by atoms with Crippen molar-refractivity contribution >= 4 is 32.7 Å². The summed E-state index contributed by atoms with van der Waals surface area (Å²) in [7, 11) is -3.72. The molecule has 2 aromatic carbocycles. The number of H-pyrrole nitrogens is 1. The summed E-state index contributed by atoms with van der Waals surface area (Å²) >= 11 is 0. The number of aromatic nitrogens is 2. The fraction of sp³-hybridized carbons (Fsp3) is 0.250. The number of sulfonamides is 1. The Bertz CT molecular complexity index is 1190. The van der Waals surface area contributed by atoms with Crippen LogP contribution in [0.2, 0.25) is 0 Å². The second-order valence-electron chi connectivity index (χ2n) is 6.91. The number of nitrogens with zero attached hydrogens (tertiary/aromatic N) is 3. The number of nitrogens with one attached hydrogen (secondary N) is 1. The van der Waals surface area contributed by atoms with Crippen LogP contribution in [-0.2, 0) is 10.0 Å². The number of piperazine rings is 1. The van der Waals surface area contributed by atoms with Crippen molar-refractivity contribution in [2.24, 2.45) is 0 Å². The van der Waals surface area contributed by atoms with Crippen molar-refractivity contribution in [3.05, 3.63) is 59.9 Å². The summed E-state index contributed by atoms with van der Waals surface area (Å²) in [6.07, 6.45) is 1.57. The van der Waals surface area contributed by atoms with Crippen molar-refractivity contribution in [3.63, 3.8) is 0 Å². The Kier molecular flexibility index (Phi) is 4.93. The highest BCUT2D eigenvalue weighted by Crippen LogP contribution is 2.20. The lowest BCUT2D eigenvalue weighted by Crippen LogP contribution is -2.50. The van der Waals surface area contributed by atoms with Gasteiger partial charge in [0.05, 0.1) is 22.3 Å². The number of hydrogen-bond donors (Lipinski definition) is 1. The van der Waals surface area contributed by atoms with Gasteiger partial charge in [-0.3, -0.25) is 9.59 Å². The van der Waals surface area contributed by atoms with Gasteiger partial charge in [-0.15, -0.1) is 0 Å². The molecule has 1 saturated heterocycles. The van der Waals surface area contributed by atoms with Crippen molar-refractivity contribution in [2.75, 3.05) is 26.2 Å². The quantitative estimate of drug-likeness (QED) is 0.660. The molecule has 2 heterocycles. The first kappa shape index (κ1) is 19.3. The Morgan fingerprint density at radius 3 is 2.48 bits per heavy atom. The van der Waals surface area contributed by atoms with E-state index in [2.05, 4.69) is 9.97 Å². The van der Waals surface area contributed by atoms with Gasteiger partial charge in [0.2, 0.25) is 10.0 Å². The first-order valence-electron chi connectivity index (χ1n) is 9.20. The minimum atomic E-state index is -3.72. The molecular formula is C20H20N4O4S. The third-order valence-corrected chi connectivity index (χ3v) is 6.97. The third kappa shape index (κ3) is 3.66. The van der Waals surface area contributed by atoms with Gasteiger partial charge in [-0.1, -0.05) is 12.1 Å². The third-order valence-electron chi connectivity index (χ3n) is 5.07. The van der Waals surface area contributed by atoms with E-state index in [0.717, 1.165) is 11.0 Å². The Hall–Kier alpha value is -3.04. The van der Waals surface area contributed by atoms with Crippen molar-refractivity contribution in [3.8, 4) is 0 Å². The summed E-state index contributed by atoms with van der Waals surface area (Å²) in [4.78, 5) is 33.2. The van der Waals surface area contributed by atoms with Crippen LogP contribution in [0.25, 0.3) is 11.0 Å². The van der Waals surface area contributed by atoms with Crippen LogP contribution in [0.15, 0.2) is 53.7 Å². The standard InChI is InChI=1S/C20H20N4O4S/c1-14(25)15-3-2-4-17(11-15)29(27,28)24-9-7-23(8-10-24)20(26)16-5-6-18-19(12-16)22-13-21-18/h2-6,11-13H,7-10H2,1H3,(H,21,22). The summed E-state index contributed by atoms with van der Waals surface area (Å²) in [5.41, 5.74) is 2.45. The van der Waals surface area contributed by atoms with Gasteiger partial charge in [0, 0.05) is 37.3 Å². The van der Waals surface area contributed by atoms with Crippen LogP contribution in [0.3, 0.4) is 0 Å². The molecule has 0 unspecified atom stereocenters. The fourth-order valence-corrected chi connectivity index (χ4v) is 4.88. The average Bonchev–Trinajstić information content (AvgIpc) is 3.21. The summed E-state index contributed by atoms with van der Waals surface area (Å²) in [6, 6.07) is 11.3. The zero-order valence-electron chi connectivity index (χ0n) is 15.8. The van der Waals surface area contributed by atoms with Crippen molar-refractivity contribution in [2.45, 2.75) is 11.8 Å². The van der Waals surface area contributed by atoms with E-state index in [9.17, 15) is 18.0 Å². The van der Waals surface area contributed by atoms with Crippen LogP contribution in [0.4, 0.5) is 0 Å². The van der Waals surface area contributed by atoms with E-state index in [4.69, 9.17) is 0 Å². The molecule has 1 N–H and O–H groups in total. The summed E-state index contributed by atoms with van der Waals surface area (Å²) in [5, 5.41) is 0. The average molecular weight is 412 g/mol. The van der Waals surface area contributed by atoms with Crippen LogP contribution >= 0.6 is 0 Å². The number of Topliss-reactive ketones (excluding diaryl/α,β-unsaturated/α-hetero) is 1. The van der Waals surface area contributed by atoms with Gasteiger partial charge in [-0.25, -0.2) is 13.4 Å². The number of amides is 1. The molecule has 0 atom stereocenters. The minimum Gasteiger partial charge on any atom is -0.345 e. The first-order valence-corrected chi connectivity index (χ1v) is 10.6. The molecule has 150 valence electrons. The van der Waals surface area contributed by atoms with E-state index < -0.39 is 10.0 Å². The monoisotopic (exact) mass is 412 g/mol. The van der Waals surface area contributed by atoms with Crippen molar-refractivity contribution < 1.29 is 18.0 Å². The Balaban J connectivity index is 1.47. The molecule has 1 aliphatic heterocycles. The maximum absolute atomic E-state index is 12.9. The van der Waals surface area contributed by atoms with Gasteiger partial charge in [-0.2, -0.15) is 4.31 Å². The number of ketones is 1. The van der Waals surface area contributed by atoms with E-state index in [1.165, 1.54) is 23.4 Å². The molecule has 0 radical (unpaired) electrons. The molecule has 0 spiro atoms. The van der Waals surface area contributed by atoms with E-state index >= 15 is 0 Å². The molecule has 1 aliphatic rings. The highest BCUT2D eigenvalue weighted by Gasteiger charge is 2.30. The largest absolute Gasteiger partial charge is 0.345 e. The summed E-state index contributed by atoms with van der Waals surface area (Å²) < 4.78 is 27.2. The van der Waals surface area contributed by atoms with Crippen LogP contribution < -0.4 is 0 Å². The zero-order valence-corrected chi connectivity index (χ0v) is 16.6. The Morgan fingerprint density at radius 1 is 1.00 bits per heavy atom. The number of hydrogen-bond acceptors (Lipinski definition) is 5. The molecule has 0 saturated carbocycles. The molecule has 29 heavy (non-hydrogen) atoms. The number of benzene rings is 2. The smallest absolute Gasteiger partial charge is 0.254 e. The molecule has 3 aromatic rings. The molecule has 8 nitrogen and oxygen atoms in total. The van der Waals surface area contributed by atoms with E-state index in [1.54, 1.807) is 41.6 Å². The number of aromatic amines is 1. The van der Waals surface area contributed by atoms with E-state index in [0.29, 0.717) is 24.2 Å². The molecule has 4 rings (SSSR count). The number of rotatable bonds is 4. The number of carbonyl (C=O) groups excluding carboxylic acids is 2. The van der Waals surface area contributed by atoms with E-state index in [1.807, 2.05) is 0 Å². The second-order valence-corrected chi connectivity index (χ2v) is 8.85. The van der Waals surface area contributed by atoms with Crippen molar-refractivity contribution in [1.29, 1.82) is 0 Å². The number of imidazole rings is 1. The highest BCUT2D eigenvalue weighted by molar-refractivity contribution is 7.89. The van der Waals surface area contributed by atoms with Gasteiger partial charge >= 0.3 is 0 Å². The SMILES string of the molecule is CC(=O)c1cccc(S(=O)(=O)N2CCN(C(=O)c3ccc4nc[nH]c4c3)CC2)c1. The molecule has 0 aliphatic carbocycles. The molecule has 0 bridgehead atoms. The number of carbonyl (C=O) groups is 2. The van der Waals surface area contributed by atoms with Crippen LogP contribution in [-0.4, -0.2) is 65.5 Å². The summed E-state index contributed by atoms with van der Waals surface area (Å²) in [6.45, 7) is 2.39. The fourth-order valence-electron chi connectivity index (χ4n) is 3.41. The van der Waals surface area contributed by atoms with Crippen LogP contribution in [0, 0.1) is 0 Å². The van der Waals surface area contributed by atoms with Gasteiger partial charge < -0.3 is 9.88 Å². The predicted octanol–water partition coefficient (Wildman–Crippen LogP) is 1.91. The normalized spacial score (nSPS) is 15.6. The van der Waals surface area contributed by atoms with E-state index in [-0.39, 0.29) is 29.7 Å². The van der Waals surface area contributed by atoms with Gasteiger partial charge in [0.1, 0.15) is 0 Å². The Labute approximate surface area is 168 Å².